The van der Waals surface area contributed by atoms with Crippen LogP contribution in [-0.4, -0.2) is 32.8 Å². The molecule has 0 aliphatic carbocycles. The van der Waals surface area contributed by atoms with E-state index in [1.165, 1.54) is 12.4 Å². The van der Waals surface area contributed by atoms with Crippen LogP contribution in [0.4, 0.5) is 22.0 Å². The molecule has 0 fully saturated rings. The molecule has 2 heterocycles. The van der Waals surface area contributed by atoms with E-state index in [0.29, 0.717) is 11.4 Å². The lowest BCUT2D eigenvalue weighted by Gasteiger charge is -2.18. The Labute approximate surface area is 139 Å². The molecule has 0 aromatic carbocycles. The highest BCUT2D eigenvalue weighted by Crippen LogP contribution is 2.38. The molecular formula is C15H14F5N3S. The van der Waals surface area contributed by atoms with E-state index in [1.54, 1.807) is 24.0 Å². The summed E-state index contributed by atoms with van der Waals surface area (Å²) in [5.74, 6) is -3.91. The first-order chi connectivity index (χ1) is 11.2. The van der Waals surface area contributed by atoms with Crippen LogP contribution in [0.2, 0.25) is 0 Å². The quantitative estimate of drug-likeness (QED) is 0.547. The van der Waals surface area contributed by atoms with Crippen molar-refractivity contribution in [3.8, 4) is 11.4 Å². The topological polar surface area (TPSA) is 38.7 Å². The second-order valence-corrected chi connectivity index (χ2v) is 6.18. The molecule has 0 aliphatic heterocycles. The zero-order valence-corrected chi connectivity index (χ0v) is 13.5. The Kier molecular flexibility index (Phi) is 5.74. The number of rotatable bonds is 6. The Morgan fingerprint density at radius 1 is 1.04 bits per heavy atom. The zero-order chi connectivity index (χ0) is 17.8. The van der Waals surface area contributed by atoms with Gasteiger partial charge in [0.2, 0.25) is 0 Å². The normalized spacial score (nSPS) is 12.4. The second-order valence-electron chi connectivity index (χ2n) is 4.88. The van der Waals surface area contributed by atoms with Crippen LogP contribution in [0.25, 0.3) is 11.4 Å². The van der Waals surface area contributed by atoms with E-state index in [-0.39, 0.29) is 5.69 Å². The molecule has 3 nitrogen and oxygen atoms in total. The maximum Gasteiger partial charge on any atom is 0.453 e. The maximum absolute atomic E-state index is 12.9. The molecular weight excluding hydrogens is 349 g/mol. The molecule has 0 amide bonds. The predicted molar refractivity (Wildman–Crippen MR) is 81.0 cm³/mol. The first-order valence-corrected chi connectivity index (χ1v) is 8.07. The Bertz CT molecular complexity index is 674. The van der Waals surface area contributed by atoms with Gasteiger partial charge in [-0.05, 0) is 24.3 Å². The smallest absolute Gasteiger partial charge is 0.257 e. The van der Waals surface area contributed by atoms with Gasteiger partial charge in [-0.15, -0.1) is 11.8 Å². The van der Waals surface area contributed by atoms with Crippen LogP contribution in [0.5, 0.6) is 0 Å². The van der Waals surface area contributed by atoms with Crippen LogP contribution in [0, 0.1) is 0 Å². The van der Waals surface area contributed by atoms with Gasteiger partial charge in [0.15, 0.2) is 0 Å². The molecule has 0 spiro atoms. The van der Waals surface area contributed by atoms with Crippen LogP contribution in [0.1, 0.15) is 19.0 Å². The number of alkyl halides is 5. The SMILES string of the molecule is CCSc1cccnc1-c1cnc(CCC(F)(F)C(F)(F)F)cn1. The Balaban J connectivity index is 2.12. The lowest BCUT2D eigenvalue weighted by molar-refractivity contribution is -0.284. The van der Waals surface area contributed by atoms with Crippen LogP contribution < -0.4 is 0 Å². The monoisotopic (exact) mass is 363 g/mol. The van der Waals surface area contributed by atoms with Crippen LogP contribution in [0.15, 0.2) is 35.6 Å². The lowest BCUT2D eigenvalue weighted by atomic mass is 10.1. The molecule has 0 aliphatic rings. The lowest BCUT2D eigenvalue weighted by Crippen LogP contribution is -2.36. The van der Waals surface area contributed by atoms with Crippen molar-refractivity contribution in [1.82, 2.24) is 15.0 Å². The third-order valence-electron chi connectivity index (χ3n) is 3.13. The number of thioether (sulfide) groups is 1. The number of aromatic nitrogens is 3. The van der Waals surface area contributed by atoms with E-state index in [4.69, 9.17) is 0 Å². The van der Waals surface area contributed by atoms with E-state index < -0.39 is 24.9 Å². The number of nitrogens with zero attached hydrogens (tertiary/aromatic N) is 3. The Hall–Kier alpha value is -1.77. The van der Waals surface area contributed by atoms with Crippen molar-refractivity contribution in [3.63, 3.8) is 0 Å². The first-order valence-electron chi connectivity index (χ1n) is 7.08. The molecule has 0 atom stereocenters. The van der Waals surface area contributed by atoms with Gasteiger partial charge in [-0.1, -0.05) is 6.92 Å². The molecule has 24 heavy (non-hydrogen) atoms. The highest BCUT2D eigenvalue weighted by Gasteiger charge is 2.56. The summed E-state index contributed by atoms with van der Waals surface area (Å²) in [5, 5.41) is 0. The third-order valence-corrected chi connectivity index (χ3v) is 4.06. The van der Waals surface area contributed by atoms with Crippen molar-refractivity contribution < 1.29 is 22.0 Å². The molecule has 0 bridgehead atoms. The predicted octanol–water partition coefficient (Wildman–Crippen LogP) is 4.78. The van der Waals surface area contributed by atoms with Gasteiger partial charge in [0, 0.05) is 23.7 Å². The van der Waals surface area contributed by atoms with E-state index in [2.05, 4.69) is 15.0 Å². The highest BCUT2D eigenvalue weighted by molar-refractivity contribution is 7.99. The average Bonchev–Trinajstić information content (AvgIpc) is 2.53. The van der Waals surface area contributed by atoms with Crippen molar-refractivity contribution in [2.24, 2.45) is 0 Å². The molecule has 130 valence electrons. The summed E-state index contributed by atoms with van der Waals surface area (Å²) in [6.07, 6.45) is -3.29. The number of hydrogen-bond donors (Lipinski definition) is 0. The molecule has 0 saturated carbocycles. The molecule has 2 aromatic rings. The number of hydrogen-bond acceptors (Lipinski definition) is 4. The van der Waals surface area contributed by atoms with E-state index >= 15 is 0 Å². The van der Waals surface area contributed by atoms with Crippen LogP contribution in [0.3, 0.4) is 0 Å². The summed E-state index contributed by atoms with van der Waals surface area (Å²) in [4.78, 5) is 13.1. The number of halogens is 5. The fourth-order valence-electron chi connectivity index (χ4n) is 1.89. The molecule has 9 heteroatoms. The van der Waals surface area contributed by atoms with Crippen LogP contribution in [-0.2, 0) is 6.42 Å². The van der Waals surface area contributed by atoms with Crippen molar-refractivity contribution in [2.75, 3.05) is 5.75 Å². The summed E-state index contributed by atoms with van der Waals surface area (Å²) < 4.78 is 62.3. The van der Waals surface area contributed by atoms with Gasteiger partial charge in [0.25, 0.3) is 0 Å². The molecule has 2 aromatic heterocycles. The summed E-state index contributed by atoms with van der Waals surface area (Å²) in [7, 11) is 0. The van der Waals surface area contributed by atoms with Crippen molar-refractivity contribution in [2.45, 2.75) is 36.8 Å². The molecule has 0 saturated heterocycles. The average molecular weight is 363 g/mol. The van der Waals surface area contributed by atoms with Gasteiger partial charge in [0.05, 0.1) is 11.9 Å². The summed E-state index contributed by atoms with van der Waals surface area (Å²) >= 11 is 1.56. The van der Waals surface area contributed by atoms with Gasteiger partial charge in [-0.25, -0.2) is 0 Å². The van der Waals surface area contributed by atoms with Gasteiger partial charge in [0.1, 0.15) is 11.4 Å². The summed E-state index contributed by atoms with van der Waals surface area (Å²) in [5.41, 5.74) is 1.12. The fraction of sp³-hybridized carbons (Fsp3) is 0.400. The molecule has 0 radical (unpaired) electrons. The van der Waals surface area contributed by atoms with Gasteiger partial charge in [-0.2, -0.15) is 22.0 Å². The van der Waals surface area contributed by atoms with Crippen molar-refractivity contribution in [1.29, 1.82) is 0 Å². The Morgan fingerprint density at radius 3 is 2.38 bits per heavy atom. The van der Waals surface area contributed by atoms with Crippen molar-refractivity contribution >= 4 is 11.8 Å². The molecule has 0 N–H and O–H groups in total. The minimum Gasteiger partial charge on any atom is -0.257 e. The second kappa shape index (κ2) is 7.42. The van der Waals surface area contributed by atoms with Gasteiger partial charge < -0.3 is 0 Å². The van der Waals surface area contributed by atoms with E-state index in [1.807, 2.05) is 13.0 Å². The zero-order valence-electron chi connectivity index (χ0n) is 12.6. The number of pyridine rings is 1. The minimum absolute atomic E-state index is 0.0725. The molecule has 0 unspecified atom stereocenters. The van der Waals surface area contributed by atoms with Gasteiger partial charge >= 0.3 is 12.1 Å². The summed E-state index contributed by atoms with van der Waals surface area (Å²) in [6, 6.07) is 3.65. The highest BCUT2D eigenvalue weighted by atomic mass is 32.2. The Morgan fingerprint density at radius 2 is 1.79 bits per heavy atom. The fourth-order valence-corrected chi connectivity index (χ4v) is 2.67. The first kappa shape index (κ1) is 18.6. The third kappa shape index (κ3) is 4.40. The largest absolute Gasteiger partial charge is 0.453 e. The standard InChI is InChI=1S/C15H14F5N3S/c1-2-24-12-4-3-7-21-13(12)11-9-22-10(8-23-11)5-6-14(16,17)15(18,19)20/h3-4,7-9H,2,5-6H2,1H3. The minimum atomic E-state index is -5.55. The summed E-state index contributed by atoms with van der Waals surface area (Å²) in [6.45, 7) is 1.98. The van der Waals surface area contributed by atoms with Crippen molar-refractivity contribution in [3.05, 3.63) is 36.4 Å². The number of aryl methyl sites for hydroxylation is 1. The van der Waals surface area contributed by atoms with Crippen LogP contribution >= 0.6 is 11.8 Å². The van der Waals surface area contributed by atoms with E-state index in [9.17, 15) is 22.0 Å². The maximum atomic E-state index is 12.9. The molecule has 2 rings (SSSR count). The van der Waals surface area contributed by atoms with E-state index in [0.717, 1.165) is 10.6 Å². The van der Waals surface area contributed by atoms with Gasteiger partial charge in [-0.3, -0.25) is 15.0 Å².